The Bertz CT molecular complexity index is 430. The summed E-state index contributed by atoms with van der Waals surface area (Å²) in [5.41, 5.74) is 0. The lowest BCUT2D eigenvalue weighted by Crippen LogP contribution is -2.00. The van der Waals surface area contributed by atoms with Crippen LogP contribution < -0.4 is 9.47 Å². The highest BCUT2D eigenvalue weighted by atomic mass is 32.2. The highest BCUT2D eigenvalue weighted by molar-refractivity contribution is 8.33. The fourth-order valence-electron chi connectivity index (χ4n) is 0.832. The Morgan fingerprint density at radius 1 is 1.24 bits per heavy atom. The van der Waals surface area contributed by atoms with Crippen LogP contribution in [-0.2, 0) is 10.7 Å². The number of hydrogen-bond acceptors (Lipinski definition) is 8. The average molecular weight is 276 g/mol. The molecule has 1 heterocycles. The van der Waals surface area contributed by atoms with Crippen LogP contribution in [0.4, 0.5) is 10.7 Å². The fraction of sp³-hybridized carbons (Fsp3) is 0.500. The highest BCUT2D eigenvalue weighted by Gasteiger charge is 2.08. The summed E-state index contributed by atoms with van der Waals surface area (Å²) < 4.78 is 13.8. The number of rotatable bonds is 3. The van der Waals surface area contributed by atoms with Gasteiger partial charge in [0, 0.05) is 6.26 Å². The lowest BCUT2D eigenvalue weighted by Gasteiger charge is -2.02. The molecule has 0 aliphatic heterocycles. The first-order valence-corrected chi connectivity index (χ1v) is 7.22. The van der Waals surface area contributed by atoms with Crippen molar-refractivity contribution < 1.29 is 14.3 Å². The van der Waals surface area contributed by atoms with Gasteiger partial charge in [-0.25, -0.2) is 0 Å². The molecule has 0 aliphatic rings. The van der Waals surface area contributed by atoms with Crippen molar-refractivity contribution >= 4 is 32.8 Å². The smallest absolute Gasteiger partial charge is 0.324 e. The lowest BCUT2D eigenvalue weighted by molar-refractivity contribution is 0.276. The Balaban J connectivity index is 3.09. The molecule has 0 bridgehead atoms. The topological polar surface area (TPSA) is 86.6 Å². The van der Waals surface area contributed by atoms with Crippen LogP contribution in [0.3, 0.4) is 0 Å². The van der Waals surface area contributed by atoms with Gasteiger partial charge in [0.15, 0.2) is 0 Å². The van der Waals surface area contributed by atoms with Crippen LogP contribution in [0.15, 0.2) is 4.36 Å². The average Bonchev–Trinajstić information content (AvgIpc) is 2.36. The molecule has 0 saturated carbocycles. The maximum absolute atomic E-state index is 11.4. The van der Waals surface area contributed by atoms with Gasteiger partial charge < -0.3 is 9.47 Å². The summed E-state index contributed by atoms with van der Waals surface area (Å²) in [6.07, 6.45) is 3.40. The van der Waals surface area contributed by atoms with Crippen molar-refractivity contribution in [2.75, 3.05) is 26.7 Å². The third-order valence-corrected chi connectivity index (χ3v) is 4.05. The molecule has 0 N–H and O–H groups in total. The second kappa shape index (κ2) is 6.50. The van der Waals surface area contributed by atoms with Crippen molar-refractivity contribution in [1.29, 1.82) is 0 Å². The van der Waals surface area contributed by atoms with Gasteiger partial charge in [-0.1, -0.05) is 11.8 Å². The second-order valence-corrected chi connectivity index (χ2v) is 5.18. The van der Waals surface area contributed by atoms with E-state index in [1.807, 2.05) is 0 Å². The number of thioether (sulfide) groups is 1. The van der Waals surface area contributed by atoms with E-state index >= 15 is 0 Å². The molecular formula is C8H12N4O3S2. The summed E-state index contributed by atoms with van der Waals surface area (Å²) in [7, 11) is 2.05. The van der Waals surface area contributed by atoms with Gasteiger partial charge in [0.2, 0.25) is 0 Å². The standard InChI is InChI=1S/C8H12N4O3S2/c1-14-6-9-5(10-7(11-6)15-2)12-17(4)8(13)16-3/h1-4H3. The summed E-state index contributed by atoms with van der Waals surface area (Å²) in [4.78, 5) is 23.0. The van der Waals surface area contributed by atoms with E-state index < -0.39 is 10.7 Å². The first kappa shape index (κ1) is 13.8. The molecule has 0 saturated heterocycles. The Labute approximate surface area is 105 Å². The van der Waals surface area contributed by atoms with E-state index in [9.17, 15) is 4.79 Å². The third kappa shape index (κ3) is 3.93. The molecule has 1 unspecified atom stereocenters. The quantitative estimate of drug-likeness (QED) is 0.825. The number of carbonyl (C=O) groups excluding carboxylic acids is 1. The normalized spacial score (nSPS) is 12.2. The van der Waals surface area contributed by atoms with Crippen molar-refractivity contribution in [1.82, 2.24) is 15.0 Å². The number of carbonyl (C=O) groups is 1. The predicted molar refractivity (Wildman–Crippen MR) is 67.2 cm³/mol. The highest BCUT2D eigenvalue weighted by Crippen LogP contribution is 2.16. The number of ether oxygens (including phenoxy) is 2. The van der Waals surface area contributed by atoms with Crippen molar-refractivity contribution in [2.24, 2.45) is 4.36 Å². The predicted octanol–water partition coefficient (Wildman–Crippen LogP) is 1.43. The van der Waals surface area contributed by atoms with E-state index in [1.54, 1.807) is 12.5 Å². The van der Waals surface area contributed by atoms with Gasteiger partial charge in [-0.05, 0) is 16.9 Å². The van der Waals surface area contributed by atoms with Crippen LogP contribution in [0.2, 0.25) is 0 Å². The SMILES string of the molecule is COc1nc(N=S(C)C(=O)SC)nc(OC)n1. The molecule has 1 aromatic heterocycles. The number of hydrogen-bond donors (Lipinski definition) is 0. The molecule has 1 aromatic rings. The fourth-order valence-corrected chi connectivity index (χ4v) is 2.31. The van der Waals surface area contributed by atoms with Crippen LogP contribution in [0.5, 0.6) is 12.0 Å². The molecule has 0 aliphatic carbocycles. The van der Waals surface area contributed by atoms with E-state index in [0.29, 0.717) is 0 Å². The zero-order valence-corrected chi connectivity index (χ0v) is 11.5. The minimum absolute atomic E-state index is 0.0386. The molecular weight excluding hydrogens is 264 g/mol. The van der Waals surface area contributed by atoms with E-state index in [-0.39, 0.29) is 22.4 Å². The van der Waals surface area contributed by atoms with Crippen LogP contribution in [0.25, 0.3) is 0 Å². The van der Waals surface area contributed by atoms with Gasteiger partial charge in [0.05, 0.1) is 14.2 Å². The molecule has 0 radical (unpaired) electrons. The second-order valence-electron chi connectivity index (χ2n) is 2.63. The van der Waals surface area contributed by atoms with Crippen molar-refractivity contribution in [3.05, 3.63) is 0 Å². The Kier molecular flexibility index (Phi) is 5.29. The number of methoxy groups -OCH3 is 2. The van der Waals surface area contributed by atoms with E-state index in [4.69, 9.17) is 9.47 Å². The van der Waals surface area contributed by atoms with Crippen molar-refractivity contribution in [2.45, 2.75) is 0 Å². The van der Waals surface area contributed by atoms with Gasteiger partial charge in [-0.15, -0.1) is 4.98 Å². The lowest BCUT2D eigenvalue weighted by atomic mass is 10.9. The molecule has 0 spiro atoms. The van der Waals surface area contributed by atoms with Crippen LogP contribution >= 0.6 is 11.8 Å². The molecule has 1 rings (SSSR count). The first-order chi connectivity index (χ1) is 8.10. The zero-order valence-electron chi connectivity index (χ0n) is 9.83. The monoisotopic (exact) mass is 276 g/mol. The van der Waals surface area contributed by atoms with Crippen LogP contribution in [0, 0.1) is 0 Å². The van der Waals surface area contributed by atoms with E-state index in [2.05, 4.69) is 19.3 Å². The van der Waals surface area contributed by atoms with E-state index in [1.165, 1.54) is 14.2 Å². The van der Waals surface area contributed by atoms with Gasteiger partial charge >= 0.3 is 12.0 Å². The zero-order chi connectivity index (χ0) is 12.8. The molecule has 0 aromatic carbocycles. The minimum Gasteiger partial charge on any atom is -0.467 e. The molecule has 7 nitrogen and oxygen atoms in total. The molecule has 17 heavy (non-hydrogen) atoms. The summed E-state index contributed by atoms with van der Waals surface area (Å²) in [6, 6.07) is 0.202. The number of nitrogens with zero attached hydrogens (tertiary/aromatic N) is 4. The Morgan fingerprint density at radius 2 is 1.76 bits per heavy atom. The van der Waals surface area contributed by atoms with Crippen LogP contribution in [-0.4, -0.2) is 46.1 Å². The van der Waals surface area contributed by atoms with Gasteiger partial charge in [0.25, 0.3) is 10.4 Å². The van der Waals surface area contributed by atoms with Gasteiger partial charge in [-0.2, -0.15) is 14.3 Å². The first-order valence-electron chi connectivity index (χ1n) is 4.40. The molecule has 94 valence electrons. The molecule has 0 fully saturated rings. The van der Waals surface area contributed by atoms with Gasteiger partial charge in [-0.3, -0.25) is 4.79 Å². The maximum Gasteiger partial charge on any atom is 0.324 e. The summed E-state index contributed by atoms with van der Waals surface area (Å²) in [5, 5.41) is 0. The van der Waals surface area contributed by atoms with Crippen molar-refractivity contribution in [3.8, 4) is 12.0 Å². The molecule has 1 atom stereocenters. The summed E-state index contributed by atoms with van der Waals surface area (Å²) in [6.45, 7) is 0. The maximum atomic E-state index is 11.4. The Morgan fingerprint density at radius 3 is 2.18 bits per heavy atom. The Hall–Kier alpha value is -1.22. The minimum atomic E-state index is -0.801. The largest absolute Gasteiger partial charge is 0.467 e. The van der Waals surface area contributed by atoms with Crippen molar-refractivity contribution in [3.63, 3.8) is 0 Å². The number of aromatic nitrogens is 3. The van der Waals surface area contributed by atoms with Gasteiger partial charge in [0.1, 0.15) is 0 Å². The van der Waals surface area contributed by atoms with Crippen LogP contribution in [0.1, 0.15) is 0 Å². The molecule has 0 amide bonds. The van der Waals surface area contributed by atoms with E-state index in [0.717, 1.165) is 11.8 Å². The summed E-state index contributed by atoms with van der Waals surface area (Å²) >= 11 is 1.12. The molecule has 9 heteroatoms. The third-order valence-electron chi connectivity index (χ3n) is 1.57. The summed E-state index contributed by atoms with van der Waals surface area (Å²) in [5.74, 6) is 0.127.